The minimum Gasteiger partial charge on any atom is -0.0622 e. The molecule has 0 saturated heterocycles. The molecular formula is C82H88. The molecule has 12 aromatic rings. The lowest BCUT2D eigenvalue weighted by Gasteiger charge is -2.08. The summed E-state index contributed by atoms with van der Waals surface area (Å²) < 4.78 is 0. The summed E-state index contributed by atoms with van der Waals surface area (Å²) in [6, 6.07) is 99.3. The highest BCUT2D eigenvalue weighted by Crippen LogP contribution is 2.29. The van der Waals surface area contributed by atoms with E-state index >= 15 is 0 Å². The zero-order chi connectivity index (χ0) is 58.4. The second kappa shape index (κ2) is 31.0. The Morgan fingerprint density at radius 2 is 0.488 bits per heavy atom. The SMILES string of the molecule is CC(C)c1ccc(-c2ccccc2)cc1.CC(C)c1ccc2cc3ccccc3cc2c1.CC(C)c1ccc2ccccc2c1.CC(C)c1cccc(-c2ccccc2)c1.CC(C)c1cccc2ccccc12.CC(C)c1ccccc1. The van der Waals surface area contributed by atoms with Crippen LogP contribution in [0, 0.1) is 0 Å². The van der Waals surface area contributed by atoms with Crippen LogP contribution >= 0.6 is 0 Å². The molecule has 0 heterocycles. The zero-order valence-electron chi connectivity index (χ0n) is 51.0. The maximum Gasteiger partial charge on any atom is -0.0149 e. The van der Waals surface area contributed by atoms with Crippen molar-refractivity contribution in [2.24, 2.45) is 0 Å². The molecule has 0 bridgehead atoms. The van der Waals surface area contributed by atoms with Gasteiger partial charge < -0.3 is 0 Å². The lowest BCUT2D eigenvalue weighted by atomic mass is 9.96. The van der Waals surface area contributed by atoms with Gasteiger partial charge in [0.2, 0.25) is 0 Å². The second-order valence-corrected chi connectivity index (χ2v) is 23.3. The van der Waals surface area contributed by atoms with E-state index in [1.54, 1.807) is 0 Å². The van der Waals surface area contributed by atoms with E-state index in [1.165, 1.54) is 98.7 Å². The van der Waals surface area contributed by atoms with Crippen molar-refractivity contribution in [2.75, 3.05) is 0 Å². The number of rotatable bonds is 8. The molecule has 0 N–H and O–H groups in total. The van der Waals surface area contributed by atoms with E-state index < -0.39 is 0 Å². The molecule has 0 atom stereocenters. The first kappa shape index (κ1) is 61.3. The first-order valence-electron chi connectivity index (χ1n) is 29.9. The van der Waals surface area contributed by atoms with Crippen LogP contribution in [0.15, 0.2) is 279 Å². The normalized spacial score (nSPS) is 10.9. The molecule has 0 nitrogen and oxygen atoms in total. The molecule has 0 saturated carbocycles. The Labute approximate surface area is 493 Å². The number of hydrogen-bond acceptors (Lipinski definition) is 0. The van der Waals surface area contributed by atoms with Gasteiger partial charge in [-0.25, -0.2) is 0 Å². The van der Waals surface area contributed by atoms with E-state index in [-0.39, 0.29) is 0 Å². The highest BCUT2D eigenvalue weighted by molar-refractivity contribution is 5.98. The van der Waals surface area contributed by atoms with E-state index in [0.717, 1.165) is 0 Å². The van der Waals surface area contributed by atoms with Crippen LogP contribution in [0.2, 0.25) is 0 Å². The monoisotopic (exact) mass is 1070 g/mol. The molecule has 0 aliphatic carbocycles. The van der Waals surface area contributed by atoms with Crippen LogP contribution < -0.4 is 0 Å². The van der Waals surface area contributed by atoms with Crippen LogP contribution in [0.3, 0.4) is 0 Å². The van der Waals surface area contributed by atoms with Crippen molar-refractivity contribution in [1.29, 1.82) is 0 Å². The van der Waals surface area contributed by atoms with Crippen molar-refractivity contribution in [2.45, 2.75) is 119 Å². The fourth-order valence-corrected chi connectivity index (χ4v) is 9.88. The highest BCUT2D eigenvalue weighted by atomic mass is 14.1. The van der Waals surface area contributed by atoms with Gasteiger partial charge in [0.15, 0.2) is 0 Å². The van der Waals surface area contributed by atoms with Gasteiger partial charge in [0, 0.05) is 0 Å². The van der Waals surface area contributed by atoms with Crippen molar-refractivity contribution in [3.8, 4) is 22.3 Å². The van der Waals surface area contributed by atoms with Crippen LogP contribution in [0.5, 0.6) is 0 Å². The number of fused-ring (bicyclic) bond motifs is 4. The van der Waals surface area contributed by atoms with Crippen LogP contribution in [-0.4, -0.2) is 0 Å². The summed E-state index contributed by atoms with van der Waals surface area (Å²) in [4.78, 5) is 0. The number of benzene rings is 12. The molecule has 0 spiro atoms. The molecule has 0 aliphatic heterocycles. The van der Waals surface area contributed by atoms with Gasteiger partial charge in [-0.15, -0.1) is 0 Å². The van der Waals surface area contributed by atoms with Gasteiger partial charge in [0.25, 0.3) is 0 Å². The summed E-state index contributed by atoms with van der Waals surface area (Å²) in [6.45, 7) is 26.7. The van der Waals surface area contributed by atoms with Crippen LogP contribution in [0.4, 0.5) is 0 Å². The van der Waals surface area contributed by atoms with Gasteiger partial charge in [-0.05, 0) is 146 Å². The third kappa shape index (κ3) is 18.1. The van der Waals surface area contributed by atoms with E-state index in [0.29, 0.717) is 35.5 Å². The Balaban J connectivity index is 0.000000143. The van der Waals surface area contributed by atoms with E-state index in [4.69, 9.17) is 0 Å². The zero-order valence-corrected chi connectivity index (χ0v) is 51.0. The lowest BCUT2D eigenvalue weighted by Crippen LogP contribution is -1.88. The molecule has 0 unspecified atom stereocenters. The Morgan fingerprint density at radius 3 is 1.00 bits per heavy atom. The predicted octanol–water partition coefficient (Wildman–Crippen LogP) is 24.8. The van der Waals surface area contributed by atoms with Gasteiger partial charge >= 0.3 is 0 Å². The van der Waals surface area contributed by atoms with E-state index in [9.17, 15) is 0 Å². The minimum atomic E-state index is 0.589. The smallest absolute Gasteiger partial charge is 0.0149 e. The Bertz CT molecular complexity index is 3770. The highest BCUT2D eigenvalue weighted by Gasteiger charge is 2.06. The van der Waals surface area contributed by atoms with E-state index in [2.05, 4.69) is 350 Å². The van der Waals surface area contributed by atoms with Gasteiger partial charge in [0.05, 0.1) is 0 Å². The molecular weight excluding hydrogens is 985 g/mol. The third-order valence-corrected chi connectivity index (χ3v) is 15.1. The van der Waals surface area contributed by atoms with Gasteiger partial charge in [-0.1, -0.05) is 350 Å². The van der Waals surface area contributed by atoms with Crippen molar-refractivity contribution in [3.05, 3.63) is 312 Å². The molecule has 416 valence electrons. The molecule has 82 heavy (non-hydrogen) atoms. The topological polar surface area (TPSA) is 0 Å². The molecule has 0 heteroatoms. The average molecular weight is 1070 g/mol. The maximum absolute atomic E-state index is 2.31. The lowest BCUT2D eigenvalue weighted by molar-refractivity contribution is 0.867. The molecule has 0 radical (unpaired) electrons. The summed E-state index contributed by atoms with van der Waals surface area (Å²) in [7, 11) is 0. The van der Waals surface area contributed by atoms with Crippen LogP contribution in [0.25, 0.3) is 65.3 Å². The first-order valence-corrected chi connectivity index (χ1v) is 29.9. The molecule has 0 aromatic heterocycles. The predicted molar refractivity (Wildman–Crippen MR) is 364 cm³/mol. The van der Waals surface area contributed by atoms with Crippen molar-refractivity contribution < 1.29 is 0 Å². The Hall–Kier alpha value is -8.32. The minimum absolute atomic E-state index is 0.589. The summed E-state index contributed by atoms with van der Waals surface area (Å²) in [5.74, 6) is 3.66. The van der Waals surface area contributed by atoms with E-state index in [1.807, 2.05) is 12.1 Å². The molecule has 12 aromatic carbocycles. The fourth-order valence-electron chi connectivity index (χ4n) is 9.88. The third-order valence-electron chi connectivity index (χ3n) is 15.1. The maximum atomic E-state index is 2.31. The summed E-state index contributed by atoms with van der Waals surface area (Å²) in [5, 5.41) is 10.7. The largest absolute Gasteiger partial charge is 0.0622 e. The Kier molecular flexibility index (Phi) is 23.2. The molecule has 12 rings (SSSR count). The fraction of sp³-hybridized carbons (Fsp3) is 0.220. The average Bonchev–Trinajstić information content (AvgIpc) is 3.59. The first-order chi connectivity index (χ1) is 39.6. The van der Waals surface area contributed by atoms with Crippen LogP contribution in [0.1, 0.15) is 152 Å². The summed E-state index contributed by atoms with van der Waals surface area (Å²) in [5.41, 5.74) is 13.7. The summed E-state index contributed by atoms with van der Waals surface area (Å²) in [6.07, 6.45) is 0. The van der Waals surface area contributed by atoms with Crippen molar-refractivity contribution in [3.63, 3.8) is 0 Å². The molecule has 0 fully saturated rings. The second-order valence-electron chi connectivity index (χ2n) is 23.3. The number of hydrogen-bond donors (Lipinski definition) is 0. The quantitative estimate of drug-likeness (QED) is 0.133. The standard InChI is InChI=1S/C17H16.2C15H16.2C13H14.C9H12/c1-12(2)13-7-8-16-10-14-5-3-4-6-15(14)11-17(16)9-13;1-12(2)14-9-6-10-15(11-14)13-7-4-3-5-8-13;1-12(2)13-8-10-15(11-9-13)14-6-4-3-5-7-14;1-10(2)12-9-5-7-11-6-3-4-8-13(11)12;1-10(2)12-8-7-11-5-3-4-6-13(11)9-12;1-8(2)9-6-4-3-5-7-9/h3-12H,1-2H3;2*3-12H,1-2H3;2*3-10H,1-2H3;3-8H,1-2H3. The van der Waals surface area contributed by atoms with Crippen molar-refractivity contribution >= 4 is 43.1 Å². The van der Waals surface area contributed by atoms with Gasteiger partial charge in [-0.2, -0.15) is 0 Å². The van der Waals surface area contributed by atoms with Gasteiger partial charge in [0.1, 0.15) is 0 Å². The van der Waals surface area contributed by atoms with Gasteiger partial charge in [-0.3, -0.25) is 0 Å². The Morgan fingerprint density at radius 1 is 0.171 bits per heavy atom. The van der Waals surface area contributed by atoms with Crippen LogP contribution in [-0.2, 0) is 0 Å². The van der Waals surface area contributed by atoms with Crippen molar-refractivity contribution in [1.82, 2.24) is 0 Å². The summed E-state index contributed by atoms with van der Waals surface area (Å²) >= 11 is 0. The molecule has 0 amide bonds. The molecule has 0 aliphatic rings.